The van der Waals surface area contributed by atoms with E-state index >= 15 is 0 Å². The van der Waals surface area contributed by atoms with Gasteiger partial charge in [-0.05, 0) is 25.3 Å². The molecule has 2 atom stereocenters. The Labute approximate surface area is 95.9 Å². The summed E-state index contributed by atoms with van der Waals surface area (Å²) in [6.07, 6.45) is 1.98. The van der Waals surface area contributed by atoms with Crippen LogP contribution in [0.15, 0.2) is 24.3 Å². The van der Waals surface area contributed by atoms with Crippen molar-refractivity contribution in [1.29, 1.82) is 5.26 Å². The summed E-state index contributed by atoms with van der Waals surface area (Å²) in [5.74, 6) is 0.276. The Morgan fingerprint density at radius 2 is 2.00 bits per heavy atom. The molecular weight excluding hydrogens is 198 g/mol. The van der Waals surface area contributed by atoms with Crippen LogP contribution >= 0.6 is 0 Å². The van der Waals surface area contributed by atoms with E-state index in [4.69, 9.17) is 5.26 Å². The Bertz CT molecular complexity index is 427. The quantitative estimate of drug-likeness (QED) is 0.719. The topological polar surface area (TPSA) is 40.9 Å². The Balaban J connectivity index is 2.22. The molecule has 1 aromatic rings. The smallest absolute Gasteiger partial charge is 0.140 e. The largest absolute Gasteiger partial charge is 0.299 e. The maximum Gasteiger partial charge on any atom is 0.140 e. The van der Waals surface area contributed by atoms with Gasteiger partial charge < -0.3 is 0 Å². The molecule has 82 valence electrons. The van der Waals surface area contributed by atoms with Crippen molar-refractivity contribution in [1.82, 2.24) is 0 Å². The molecule has 0 aliphatic heterocycles. The summed E-state index contributed by atoms with van der Waals surface area (Å²) in [5, 5.41) is 8.92. The molecule has 0 bridgehead atoms. The van der Waals surface area contributed by atoms with Crippen molar-refractivity contribution in [3.05, 3.63) is 35.4 Å². The lowest BCUT2D eigenvalue weighted by atomic mass is 9.77. The molecule has 0 radical (unpaired) electrons. The Hall–Kier alpha value is -1.62. The summed E-state index contributed by atoms with van der Waals surface area (Å²) < 4.78 is 0. The van der Waals surface area contributed by atoms with Crippen LogP contribution in [0.25, 0.3) is 0 Å². The van der Waals surface area contributed by atoms with Gasteiger partial charge in [0.25, 0.3) is 0 Å². The molecule has 1 saturated carbocycles. The molecule has 0 heterocycles. The number of carbonyl (C=O) groups excluding carboxylic acids is 1. The molecule has 1 fully saturated rings. The molecule has 0 N–H and O–H groups in total. The van der Waals surface area contributed by atoms with E-state index in [0.717, 1.165) is 12.0 Å². The minimum Gasteiger partial charge on any atom is -0.299 e. The molecule has 0 saturated heterocycles. The van der Waals surface area contributed by atoms with E-state index in [1.165, 1.54) is 5.56 Å². The summed E-state index contributed by atoms with van der Waals surface area (Å²) in [6, 6.07) is 10.4. The Morgan fingerprint density at radius 1 is 1.31 bits per heavy atom. The van der Waals surface area contributed by atoms with E-state index in [9.17, 15) is 4.79 Å². The standard InChI is InChI=1S/C14H15NO/c1-10-2-5-12(6-3-10)13-8-11(9-15)4-7-14(13)16/h2-3,5-6,11,13H,4,7-8H2,1H3. The first-order chi connectivity index (χ1) is 7.70. The third kappa shape index (κ3) is 2.14. The van der Waals surface area contributed by atoms with E-state index in [2.05, 4.69) is 6.07 Å². The van der Waals surface area contributed by atoms with Gasteiger partial charge in [-0.25, -0.2) is 0 Å². The summed E-state index contributed by atoms with van der Waals surface area (Å²) >= 11 is 0. The van der Waals surface area contributed by atoms with Gasteiger partial charge in [-0.1, -0.05) is 29.8 Å². The highest BCUT2D eigenvalue weighted by molar-refractivity contribution is 5.86. The Kier molecular flexibility index (Phi) is 3.05. The number of nitrogens with zero attached hydrogens (tertiary/aromatic N) is 1. The minimum atomic E-state index is -0.0565. The fourth-order valence-corrected chi connectivity index (χ4v) is 2.26. The van der Waals surface area contributed by atoms with Gasteiger partial charge in [0, 0.05) is 18.3 Å². The number of carbonyl (C=O) groups is 1. The zero-order chi connectivity index (χ0) is 11.5. The van der Waals surface area contributed by atoms with Gasteiger partial charge in [0.2, 0.25) is 0 Å². The predicted octanol–water partition coefficient (Wildman–Crippen LogP) is 2.97. The number of aryl methyl sites for hydroxylation is 1. The third-order valence-corrected chi connectivity index (χ3v) is 3.31. The van der Waals surface area contributed by atoms with Gasteiger partial charge in [0.15, 0.2) is 0 Å². The molecule has 0 amide bonds. The summed E-state index contributed by atoms with van der Waals surface area (Å²) in [7, 11) is 0. The van der Waals surface area contributed by atoms with Crippen LogP contribution in [-0.4, -0.2) is 5.78 Å². The fourth-order valence-electron chi connectivity index (χ4n) is 2.26. The van der Waals surface area contributed by atoms with Crippen LogP contribution in [0.3, 0.4) is 0 Å². The average molecular weight is 213 g/mol. The van der Waals surface area contributed by atoms with E-state index < -0.39 is 0 Å². The normalized spacial score (nSPS) is 25.1. The Morgan fingerprint density at radius 3 is 2.62 bits per heavy atom. The molecule has 1 aromatic carbocycles. The number of hydrogen-bond donors (Lipinski definition) is 0. The zero-order valence-corrected chi connectivity index (χ0v) is 9.44. The van der Waals surface area contributed by atoms with Crippen LogP contribution < -0.4 is 0 Å². The van der Waals surface area contributed by atoms with Crippen LogP contribution in [0.2, 0.25) is 0 Å². The maximum atomic E-state index is 11.8. The zero-order valence-electron chi connectivity index (χ0n) is 9.44. The number of nitriles is 1. The van der Waals surface area contributed by atoms with Crippen LogP contribution in [0.1, 0.15) is 36.3 Å². The lowest BCUT2D eigenvalue weighted by Gasteiger charge is -2.24. The van der Waals surface area contributed by atoms with E-state index in [-0.39, 0.29) is 17.6 Å². The van der Waals surface area contributed by atoms with Gasteiger partial charge in [0.05, 0.1) is 6.07 Å². The lowest BCUT2D eigenvalue weighted by molar-refractivity contribution is -0.122. The highest BCUT2D eigenvalue weighted by atomic mass is 16.1. The van der Waals surface area contributed by atoms with Crippen LogP contribution in [0.4, 0.5) is 0 Å². The van der Waals surface area contributed by atoms with Gasteiger partial charge in [0.1, 0.15) is 5.78 Å². The third-order valence-electron chi connectivity index (χ3n) is 3.31. The molecule has 1 aliphatic carbocycles. The van der Waals surface area contributed by atoms with Gasteiger partial charge in [-0.2, -0.15) is 5.26 Å². The molecular formula is C14H15NO. The summed E-state index contributed by atoms with van der Waals surface area (Å²) in [4.78, 5) is 11.8. The molecule has 0 spiro atoms. The van der Waals surface area contributed by atoms with Gasteiger partial charge in [-0.3, -0.25) is 4.79 Å². The first-order valence-electron chi connectivity index (χ1n) is 5.69. The van der Waals surface area contributed by atoms with Gasteiger partial charge in [-0.15, -0.1) is 0 Å². The number of ketones is 1. The molecule has 2 heteroatoms. The molecule has 0 aromatic heterocycles. The maximum absolute atomic E-state index is 11.8. The highest BCUT2D eigenvalue weighted by Crippen LogP contribution is 2.33. The molecule has 16 heavy (non-hydrogen) atoms. The van der Waals surface area contributed by atoms with Crippen LogP contribution in [0, 0.1) is 24.2 Å². The van der Waals surface area contributed by atoms with Crippen molar-refractivity contribution in [2.24, 2.45) is 5.92 Å². The monoisotopic (exact) mass is 213 g/mol. The summed E-state index contributed by atoms with van der Waals surface area (Å²) in [6.45, 7) is 2.03. The second-order valence-corrected chi connectivity index (χ2v) is 4.53. The fraction of sp³-hybridized carbons (Fsp3) is 0.429. The van der Waals surface area contributed by atoms with Crippen LogP contribution in [-0.2, 0) is 4.79 Å². The first kappa shape index (κ1) is 10.9. The number of hydrogen-bond acceptors (Lipinski definition) is 2. The second-order valence-electron chi connectivity index (χ2n) is 4.53. The van der Waals surface area contributed by atoms with Crippen molar-refractivity contribution in [3.63, 3.8) is 0 Å². The molecule has 2 rings (SSSR count). The second kappa shape index (κ2) is 4.49. The number of Topliss-reactive ketones (excluding diaryl/α,β-unsaturated/α-hetero) is 1. The molecule has 2 unspecified atom stereocenters. The number of benzene rings is 1. The van der Waals surface area contributed by atoms with Crippen molar-refractivity contribution in [2.45, 2.75) is 32.1 Å². The minimum absolute atomic E-state index is 0.0454. The van der Waals surface area contributed by atoms with Gasteiger partial charge >= 0.3 is 0 Å². The number of rotatable bonds is 1. The molecule has 2 nitrogen and oxygen atoms in total. The van der Waals surface area contributed by atoms with Crippen molar-refractivity contribution < 1.29 is 4.79 Å². The van der Waals surface area contributed by atoms with Crippen molar-refractivity contribution >= 4 is 5.78 Å². The van der Waals surface area contributed by atoms with Crippen molar-refractivity contribution in [2.75, 3.05) is 0 Å². The van der Waals surface area contributed by atoms with E-state index in [0.29, 0.717) is 12.8 Å². The predicted molar refractivity (Wildman–Crippen MR) is 61.9 cm³/mol. The summed E-state index contributed by atoms with van der Waals surface area (Å²) in [5.41, 5.74) is 2.26. The first-order valence-corrected chi connectivity index (χ1v) is 5.69. The van der Waals surface area contributed by atoms with E-state index in [1.807, 2.05) is 31.2 Å². The van der Waals surface area contributed by atoms with Crippen LogP contribution in [0.5, 0.6) is 0 Å². The van der Waals surface area contributed by atoms with E-state index in [1.54, 1.807) is 0 Å². The lowest BCUT2D eigenvalue weighted by Crippen LogP contribution is -2.22. The molecule has 1 aliphatic rings. The average Bonchev–Trinajstić information content (AvgIpc) is 2.31. The van der Waals surface area contributed by atoms with Crippen molar-refractivity contribution in [3.8, 4) is 6.07 Å². The SMILES string of the molecule is Cc1ccc(C2CC(C#N)CCC2=O)cc1. The highest BCUT2D eigenvalue weighted by Gasteiger charge is 2.29.